The lowest BCUT2D eigenvalue weighted by atomic mass is 10.3. The highest BCUT2D eigenvalue weighted by atomic mass is 16.2. The van der Waals surface area contributed by atoms with Crippen LogP contribution >= 0.6 is 0 Å². The first-order chi connectivity index (χ1) is 7.27. The van der Waals surface area contributed by atoms with Gasteiger partial charge in [0.15, 0.2) is 0 Å². The van der Waals surface area contributed by atoms with Crippen molar-refractivity contribution < 1.29 is 4.79 Å². The summed E-state index contributed by atoms with van der Waals surface area (Å²) >= 11 is 0. The van der Waals surface area contributed by atoms with Gasteiger partial charge in [-0.3, -0.25) is 4.79 Å². The molecule has 1 aliphatic rings. The number of carbonyl (C=O) groups excluding carboxylic acids is 1. The number of nitrogens with one attached hydrogen (secondary N) is 1. The molecule has 1 amide bonds. The van der Waals surface area contributed by atoms with Gasteiger partial charge in [0.05, 0.1) is 6.54 Å². The molecule has 1 N–H and O–H groups in total. The molecule has 1 fully saturated rings. The highest BCUT2D eigenvalue weighted by molar-refractivity contribution is 5.76. The van der Waals surface area contributed by atoms with Crippen LogP contribution in [0.15, 0.2) is 0 Å². The van der Waals surface area contributed by atoms with Crippen LogP contribution in [0.4, 0.5) is 0 Å². The van der Waals surface area contributed by atoms with Crippen LogP contribution in [-0.2, 0) is 4.79 Å². The van der Waals surface area contributed by atoms with Gasteiger partial charge in [-0.25, -0.2) is 0 Å². The molecule has 0 radical (unpaired) electrons. The number of hydrogen-bond acceptors (Lipinski definition) is 2. The van der Waals surface area contributed by atoms with Crippen LogP contribution in [0.2, 0.25) is 0 Å². The number of amides is 1. The molecule has 0 bridgehead atoms. The van der Waals surface area contributed by atoms with Gasteiger partial charge in [0.25, 0.3) is 0 Å². The van der Waals surface area contributed by atoms with Crippen LogP contribution in [0.25, 0.3) is 0 Å². The minimum atomic E-state index is 0.181. The maximum absolute atomic E-state index is 11.8. The fourth-order valence-corrected chi connectivity index (χ4v) is 1.51. The van der Waals surface area contributed by atoms with Gasteiger partial charge in [-0.05, 0) is 25.3 Å². The van der Waals surface area contributed by atoms with Crippen molar-refractivity contribution in [3.8, 4) is 12.3 Å². The second kappa shape index (κ2) is 6.47. The zero-order valence-corrected chi connectivity index (χ0v) is 9.46. The van der Waals surface area contributed by atoms with Gasteiger partial charge in [-0.2, -0.15) is 0 Å². The molecule has 0 aromatic carbocycles. The van der Waals surface area contributed by atoms with Gasteiger partial charge >= 0.3 is 0 Å². The normalized spacial score (nSPS) is 14.7. The van der Waals surface area contributed by atoms with E-state index in [0.29, 0.717) is 18.9 Å². The van der Waals surface area contributed by atoms with Crippen molar-refractivity contribution in [2.24, 2.45) is 5.92 Å². The van der Waals surface area contributed by atoms with E-state index < -0.39 is 0 Å². The van der Waals surface area contributed by atoms with Gasteiger partial charge in [0.1, 0.15) is 0 Å². The van der Waals surface area contributed by atoms with Gasteiger partial charge in [0.2, 0.25) is 5.91 Å². The van der Waals surface area contributed by atoms with Gasteiger partial charge in [0, 0.05) is 19.5 Å². The van der Waals surface area contributed by atoms with E-state index in [0.717, 1.165) is 19.6 Å². The molecule has 84 valence electrons. The zero-order chi connectivity index (χ0) is 11.1. The van der Waals surface area contributed by atoms with E-state index >= 15 is 0 Å². The summed E-state index contributed by atoms with van der Waals surface area (Å²) in [5.41, 5.74) is 0. The summed E-state index contributed by atoms with van der Waals surface area (Å²) in [4.78, 5) is 13.6. The van der Waals surface area contributed by atoms with E-state index in [1.165, 1.54) is 12.8 Å². The maximum atomic E-state index is 11.8. The average Bonchev–Trinajstić information content (AvgIpc) is 3.01. The van der Waals surface area contributed by atoms with Crippen LogP contribution in [0, 0.1) is 18.3 Å². The third-order valence-electron chi connectivity index (χ3n) is 2.58. The second-order valence-corrected chi connectivity index (χ2v) is 4.03. The Balaban J connectivity index is 2.26. The molecule has 1 rings (SSSR count). The molecule has 0 aromatic rings. The molecule has 0 aliphatic heterocycles. The third-order valence-corrected chi connectivity index (χ3v) is 2.58. The summed E-state index contributed by atoms with van der Waals surface area (Å²) in [7, 11) is 0. The monoisotopic (exact) mass is 208 g/mol. The Morgan fingerprint density at radius 2 is 2.33 bits per heavy atom. The molecule has 0 saturated heterocycles. The Bertz CT molecular complexity index is 240. The molecular formula is C12H20N2O. The summed E-state index contributed by atoms with van der Waals surface area (Å²) in [5.74, 6) is 3.45. The Morgan fingerprint density at radius 1 is 1.60 bits per heavy atom. The largest absolute Gasteiger partial charge is 0.331 e. The summed E-state index contributed by atoms with van der Waals surface area (Å²) in [5, 5.41) is 3.15. The van der Waals surface area contributed by atoms with Crippen LogP contribution < -0.4 is 5.32 Å². The van der Waals surface area contributed by atoms with Crippen molar-refractivity contribution >= 4 is 5.91 Å². The molecule has 3 nitrogen and oxygen atoms in total. The van der Waals surface area contributed by atoms with Crippen molar-refractivity contribution in [1.82, 2.24) is 10.2 Å². The lowest BCUT2D eigenvalue weighted by Gasteiger charge is -2.20. The molecule has 1 aliphatic carbocycles. The molecule has 0 unspecified atom stereocenters. The molecule has 3 heteroatoms. The van der Waals surface area contributed by atoms with Crippen molar-refractivity contribution in [2.75, 3.05) is 26.2 Å². The van der Waals surface area contributed by atoms with Gasteiger partial charge in [-0.15, -0.1) is 6.42 Å². The number of terminal acetylenes is 1. The predicted molar refractivity (Wildman–Crippen MR) is 61.3 cm³/mol. The smallest absolute Gasteiger partial charge is 0.224 e. The third kappa shape index (κ3) is 4.85. The van der Waals surface area contributed by atoms with E-state index in [1.54, 1.807) is 0 Å². The Kier molecular flexibility index (Phi) is 5.20. The van der Waals surface area contributed by atoms with E-state index in [-0.39, 0.29) is 5.91 Å². The zero-order valence-electron chi connectivity index (χ0n) is 9.46. The number of nitrogens with zero attached hydrogens (tertiary/aromatic N) is 1. The summed E-state index contributed by atoms with van der Waals surface area (Å²) in [6.45, 7) is 5.01. The Hall–Kier alpha value is -1.01. The van der Waals surface area contributed by atoms with Crippen molar-refractivity contribution in [1.29, 1.82) is 0 Å². The summed E-state index contributed by atoms with van der Waals surface area (Å²) < 4.78 is 0. The highest BCUT2D eigenvalue weighted by Crippen LogP contribution is 2.29. The molecule has 0 heterocycles. The second-order valence-electron chi connectivity index (χ2n) is 4.03. The Labute approximate surface area is 92.2 Å². The standard InChI is InChI=1S/C12H20N2O/c1-3-9-14(10-11-5-6-11)12(15)7-8-13-4-2/h1,11,13H,4-10H2,2H3. The fraction of sp³-hybridized carbons (Fsp3) is 0.750. The van der Waals surface area contributed by atoms with Crippen LogP contribution in [0.3, 0.4) is 0 Å². The lowest BCUT2D eigenvalue weighted by molar-refractivity contribution is -0.130. The first-order valence-corrected chi connectivity index (χ1v) is 5.69. The highest BCUT2D eigenvalue weighted by Gasteiger charge is 2.25. The van der Waals surface area contributed by atoms with E-state index in [2.05, 4.69) is 11.2 Å². The molecule has 0 aromatic heterocycles. The van der Waals surface area contributed by atoms with Gasteiger partial charge in [-0.1, -0.05) is 12.8 Å². The fourth-order valence-electron chi connectivity index (χ4n) is 1.51. The Morgan fingerprint density at radius 3 is 2.87 bits per heavy atom. The molecule has 0 atom stereocenters. The predicted octanol–water partition coefficient (Wildman–Crippen LogP) is 0.858. The van der Waals surface area contributed by atoms with Crippen LogP contribution in [-0.4, -0.2) is 37.0 Å². The number of rotatable bonds is 7. The first kappa shape index (κ1) is 12.1. The summed E-state index contributed by atoms with van der Waals surface area (Å²) in [6.07, 6.45) is 8.32. The van der Waals surface area contributed by atoms with Crippen LogP contribution in [0.5, 0.6) is 0 Å². The molecular weight excluding hydrogens is 188 g/mol. The minimum Gasteiger partial charge on any atom is -0.331 e. The summed E-state index contributed by atoms with van der Waals surface area (Å²) in [6, 6.07) is 0. The topological polar surface area (TPSA) is 32.3 Å². The van der Waals surface area contributed by atoms with Crippen molar-refractivity contribution in [2.45, 2.75) is 26.2 Å². The maximum Gasteiger partial charge on any atom is 0.224 e. The first-order valence-electron chi connectivity index (χ1n) is 5.69. The lowest BCUT2D eigenvalue weighted by Crippen LogP contribution is -2.35. The van der Waals surface area contributed by atoms with Crippen molar-refractivity contribution in [3.63, 3.8) is 0 Å². The number of carbonyl (C=O) groups is 1. The average molecular weight is 208 g/mol. The van der Waals surface area contributed by atoms with E-state index in [9.17, 15) is 4.79 Å². The van der Waals surface area contributed by atoms with Gasteiger partial charge < -0.3 is 10.2 Å². The molecule has 15 heavy (non-hydrogen) atoms. The molecule has 1 saturated carbocycles. The van der Waals surface area contributed by atoms with E-state index in [1.807, 2.05) is 11.8 Å². The quantitative estimate of drug-likeness (QED) is 0.497. The molecule has 0 spiro atoms. The van der Waals surface area contributed by atoms with Crippen molar-refractivity contribution in [3.05, 3.63) is 0 Å². The number of hydrogen-bond donors (Lipinski definition) is 1. The van der Waals surface area contributed by atoms with Crippen LogP contribution in [0.1, 0.15) is 26.2 Å². The SMILES string of the molecule is C#CCN(CC1CC1)C(=O)CCNCC. The minimum absolute atomic E-state index is 0.181. The van der Waals surface area contributed by atoms with E-state index in [4.69, 9.17) is 6.42 Å².